The summed E-state index contributed by atoms with van der Waals surface area (Å²) in [7, 11) is 1.85. The Morgan fingerprint density at radius 3 is 2.84 bits per heavy atom. The van der Waals surface area contributed by atoms with Crippen molar-refractivity contribution < 1.29 is 4.39 Å². The number of benzene rings is 1. The zero-order valence-corrected chi connectivity index (χ0v) is 11.5. The van der Waals surface area contributed by atoms with Gasteiger partial charge in [0.1, 0.15) is 18.0 Å². The van der Waals surface area contributed by atoms with Crippen LogP contribution in [0.25, 0.3) is 0 Å². The van der Waals surface area contributed by atoms with Gasteiger partial charge in [0.25, 0.3) is 0 Å². The Labute approximate surface area is 112 Å². The minimum atomic E-state index is -0.143. The van der Waals surface area contributed by atoms with Crippen LogP contribution in [0.5, 0.6) is 0 Å². The molecule has 1 aromatic heterocycles. The largest absolute Gasteiger partial charge is 0.310 e. The lowest BCUT2D eigenvalue weighted by Gasteiger charge is -2.19. The number of aryl methyl sites for hydroxylation is 2. The molecule has 0 aliphatic heterocycles. The van der Waals surface area contributed by atoms with Crippen LogP contribution in [-0.4, -0.2) is 21.3 Å². The Balaban J connectivity index is 2.29. The van der Waals surface area contributed by atoms with Crippen molar-refractivity contribution in [2.24, 2.45) is 7.05 Å². The molecule has 1 aromatic carbocycles. The average Bonchev–Trinajstić information content (AvgIpc) is 2.78. The normalized spacial score (nSPS) is 12.6. The van der Waals surface area contributed by atoms with E-state index in [2.05, 4.69) is 15.4 Å². The van der Waals surface area contributed by atoms with Gasteiger partial charge in [-0.15, -0.1) is 0 Å². The maximum absolute atomic E-state index is 14.2. The standard InChI is InChI=1S/C14H19FN4/c1-4-16-12(8-13-17-9-18-19(13)3)11-7-5-6-10(2)14(11)15/h5-7,9,12,16H,4,8H2,1-3H3. The first-order valence-corrected chi connectivity index (χ1v) is 6.44. The Kier molecular flexibility index (Phi) is 4.27. The molecule has 2 rings (SSSR count). The maximum Gasteiger partial charge on any atom is 0.138 e. The molecule has 0 bridgehead atoms. The van der Waals surface area contributed by atoms with E-state index in [0.29, 0.717) is 17.5 Å². The van der Waals surface area contributed by atoms with Crippen LogP contribution < -0.4 is 5.32 Å². The number of halogens is 1. The van der Waals surface area contributed by atoms with Crippen molar-refractivity contribution in [3.05, 3.63) is 47.3 Å². The molecule has 4 nitrogen and oxygen atoms in total. The number of aromatic nitrogens is 3. The summed E-state index contributed by atoms with van der Waals surface area (Å²) < 4.78 is 15.9. The summed E-state index contributed by atoms with van der Waals surface area (Å²) in [6.45, 7) is 4.57. The van der Waals surface area contributed by atoms with E-state index in [4.69, 9.17) is 0 Å². The van der Waals surface area contributed by atoms with Crippen molar-refractivity contribution in [2.75, 3.05) is 6.54 Å². The van der Waals surface area contributed by atoms with Crippen molar-refractivity contribution in [3.63, 3.8) is 0 Å². The fourth-order valence-corrected chi connectivity index (χ4v) is 2.17. The fraction of sp³-hybridized carbons (Fsp3) is 0.429. The highest BCUT2D eigenvalue weighted by Crippen LogP contribution is 2.22. The lowest BCUT2D eigenvalue weighted by Crippen LogP contribution is -2.25. The van der Waals surface area contributed by atoms with Gasteiger partial charge in [-0.1, -0.05) is 25.1 Å². The molecule has 19 heavy (non-hydrogen) atoms. The van der Waals surface area contributed by atoms with Gasteiger partial charge in [-0.25, -0.2) is 9.37 Å². The van der Waals surface area contributed by atoms with Crippen LogP contribution in [0.15, 0.2) is 24.5 Å². The summed E-state index contributed by atoms with van der Waals surface area (Å²) >= 11 is 0. The van der Waals surface area contributed by atoms with Crippen molar-refractivity contribution >= 4 is 0 Å². The minimum absolute atomic E-state index is 0.0900. The van der Waals surface area contributed by atoms with Crippen LogP contribution in [0.2, 0.25) is 0 Å². The summed E-state index contributed by atoms with van der Waals surface area (Å²) in [5.41, 5.74) is 1.35. The molecule has 0 aliphatic carbocycles. The van der Waals surface area contributed by atoms with Gasteiger partial charge < -0.3 is 5.32 Å². The van der Waals surface area contributed by atoms with Crippen LogP contribution in [0.4, 0.5) is 4.39 Å². The third-order valence-electron chi connectivity index (χ3n) is 3.24. The Morgan fingerprint density at radius 1 is 1.42 bits per heavy atom. The van der Waals surface area contributed by atoms with Gasteiger partial charge in [-0.3, -0.25) is 4.68 Å². The number of likely N-dealkylation sites (N-methyl/N-ethyl adjacent to an activating group) is 1. The van der Waals surface area contributed by atoms with Gasteiger partial charge in [0, 0.05) is 25.1 Å². The molecule has 0 spiro atoms. The van der Waals surface area contributed by atoms with E-state index < -0.39 is 0 Å². The third kappa shape index (κ3) is 2.98. The summed E-state index contributed by atoms with van der Waals surface area (Å²) in [4.78, 5) is 4.20. The van der Waals surface area contributed by atoms with E-state index in [1.165, 1.54) is 6.33 Å². The fourth-order valence-electron chi connectivity index (χ4n) is 2.17. The molecule has 0 radical (unpaired) electrons. The second-order valence-electron chi connectivity index (χ2n) is 4.59. The topological polar surface area (TPSA) is 42.7 Å². The summed E-state index contributed by atoms with van der Waals surface area (Å²) in [5, 5.41) is 7.36. The molecule has 5 heteroatoms. The van der Waals surface area contributed by atoms with E-state index >= 15 is 0 Å². The van der Waals surface area contributed by atoms with Crippen molar-refractivity contribution in [1.29, 1.82) is 0 Å². The van der Waals surface area contributed by atoms with Crippen LogP contribution in [-0.2, 0) is 13.5 Å². The van der Waals surface area contributed by atoms with Crippen molar-refractivity contribution in [1.82, 2.24) is 20.1 Å². The van der Waals surface area contributed by atoms with E-state index in [-0.39, 0.29) is 11.9 Å². The number of nitrogens with zero attached hydrogens (tertiary/aromatic N) is 3. The predicted molar refractivity (Wildman–Crippen MR) is 72.3 cm³/mol. The Morgan fingerprint density at radius 2 is 2.21 bits per heavy atom. The number of hydrogen-bond donors (Lipinski definition) is 1. The summed E-state index contributed by atoms with van der Waals surface area (Å²) in [5.74, 6) is 0.697. The highest BCUT2D eigenvalue weighted by Gasteiger charge is 2.18. The monoisotopic (exact) mass is 262 g/mol. The highest BCUT2D eigenvalue weighted by atomic mass is 19.1. The molecule has 2 aromatic rings. The molecule has 0 saturated heterocycles. The zero-order valence-electron chi connectivity index (χ0n) is 11.5. The smallest absolute Gasteiger partial charge is 0.138 e. The second-order valence-corrected chi connectivity index (χ2v) is 4.59. The molecule has 0 aliphatic rings. The van der Waals surface area contributed by atoms with E-state index in [9.17, 15) is 4.39 Å². The minimum Gasteiger partial charge on any atom is -0.310 e. The molecule has 1 atom stereocenters. The van der Waals surface area contributed by atoms with E-state index in [1.807, 2.05) is 26.1 Å². The Hall–Kier alpha value is -1.75. The maximum atomic E-state index is 14.2. The first-order chi connectivity index (χ1) is 9.13. The molecule has 1 N–H and O–H groups in total. The first-order valence-electron chi connectivity index (χ1n) is 6.44. The SMILES string of the molecule is CCNC(Cc1ncnn1C)c1cccc(C)c1F. The third-order valence-corrected chi connectivity index (χ3v) is 3.24. The first kappa shape index (κ1) is 13.7. The molecule has 0 saturated carbocycles. The second kappa shape index (κ2) is 5.93. The van der Waals surface area contributed by atoms with Crippen LogP contribution in [0.3, 0.4) is 0 Å². The van der Waals surface area contributed by atoms with Gasteiger partial charge in [0.15, 0.2) is 0 Å². The molecular weight excluding hydrogens is 243 g/mol. The van der Waals surface area contributed by atoms with Crippen LogP contribution in [0.1, 0.15) is 29.9 Å². The molecule has 1 unspecified atom stereocenters. The van der Waals surface area contributed by atoms with Gasteiger partial charge >= 0.3 is 0 Å². The number of nitrogens with one attached hydrogen (secondary N) is 1. The lowest BCUT2D eigenvalue weighted by atomic mass is 10.0. The highest BCUT2D eigenvalue weighted by molar-refractivity contribution is 5.28. The molecule has 0 amide bonds. The summed E-state index contributed by atoms with van der Waals surface area (Å²) in [6, 6.07) is 5.40. The van der Waals surface area contributed by atoms with E-state index in [0.717, 1.165) is 12.4 Å². The zero-order chi connectivity index (χ0) is 13.8. The molecule has 1 heterocycles. The van der Waals surface area contributed by atoms with Crippen molar-refractivity contribution in [2.45, 2.75) is 26.3 Å². The predicted octanol–water partition coefficient (Wildman–Crippen LogP) is 2.16. The quantitative estimate of drug-likeness (QED) is 0.898. The summed E-state index contributed by atoms with van der Waals surface area (Å²) in [6.07, 6.45) is 2.13. The lowest BCUT2D eigenvalue weighted by molar-refractivity contribution is 0.490. The molecule has 102 valence electrons. The van der Waals surface area contributed by atoms with Crippen LogP contribution >= 0.6 is 0 Å². The molecular formula is C14H19FN4. The van der Waals surface area contributed by atoms with Crippen molar-refractivity contribution in [3.8, 4) is 0 Å². The van der Waals surface area contributed by atoms with Gasteiger partial charge in [-0.05, 0) is 19.0 Å². The van der Waals surface area contributed by atoms with Gasteiger partial charge in [0.05, 0.1) is 0 Å². The Bertz CT molecular complexity index is 550. The van der Waals surface area contributed by atoms with Gasteiger partial charge in [-0.2, -0.15) is 5.10 Å². The van der Waals surface area contributed by atoms with Gasteiger partial charge in [0.2, 0.25) is 0 Å². The van der Waals surface area contributed by atoms with E-state index in [1.54, 1.807) is 17.7 Å². The number of hydrogen-bond acceptors (Lipinski definition) is 3. The number of rotatable bonds is 5. The van der Waals surface area contributed by atoms with Crippen LogP contribution in [0, 0.1) is 12.7 Å². The molecule has 0 fully saturated rings. The average molecular weight is 262 g/mol.